The van der Waals surface area contributed by atoms with Gasteiger partial charge in [0, 0.05) is 18.7 Å². The molecule has 1 aromatic carbocycles. The molecular formula is C9H6Cl2F3NO. The quantitative estimate of drug-likeness (QED) is 0.711. The number of carbonyl (C=O) groups excluding carboxylic acids is 1. The molecule has 0 unspecified atom stereocenters. The fourth-order valence-electron chi connectivity index (χ4n) is 1.01. The van der Waals surface area contributed by atoms with E-state index in [0.29, 0.717) is 4.42 Å². The van der Waals surface area contributed by atoms with Gasteiger partial charge in [0.15, 0.2) is 0 Å². The van der Waals surface area contributed by atoms with Crippen molar-refractivity contribution in [3.05, 3.63) is 28.8 Å². The molecule has 88 valence electrons. The zero-order valence-electron chi connectivity index (χ0n) is 7.98. The van der Waals surface area contributed by atoms with Crippen LogP contribution >= 0.6 is 23.4 Å². The van der Waals surface area contributed by atoms with Crippen molar-refractivity contribution in [1.82, 2.24) is 0 Å². The number of halogens is 5. The van der Waals surface area contributed by atoms with Crippen LogP contribution in [-0.4, -0.2) is 5.91 Å². The number of nitrogens with zero attached hydrogens (tertiary/aromatic N) is 1. The first-order chi connectivity index (χ1) is 7.23. The predicted molar refractivity (Wildman–Crippen MR) is 55.5 cm³/mol. The van der Waals surface area contributed by atoms with Crippen LogP contribution in [0.2, 0.25) is 5.02 Å². The molecular weight excluding hydrogens is 266 g/mol. The molecule has 0 atom stereocenters. The number of hydrogen-bond donors (Lipinski definition) is 0. The van der Waals surface area contributed by atoms with E-state index in [9.17, 15) is 18.0 Å². The fourth-order valence-corrected chi connectivity index (χ4v) is 1.39. The summed E-state index contributed by atoms with van der Waals surface area (Å²) >= 11 is 11.1. The summed E-state index contributed by atoms with van der Waals surface area (Å²) in [6.07, 6.45) is -4.51. The molecule has 0 bridgehead atoms. The zero-order valence-corrected chi connectivity index (χ0v) is 9.49. The summed E-state index contributed by atoms with van der Waals surface area (Å²) in [5, 5.41) is -0.0294. The van der Waals surface area contributed by atoms with Crippen LogP contribution in [-0.2, 0) is 11.0 Å². The summed E-state index contributed by atoms with van der Waals surface area (Å²) in [6.45, 7) is 1.11. The van der Waals surface area contributed by atoms with Gasteiger partial charge in [-0.15, -0.1) is 0 Å². The van der Waals surface area contributed by atoms with Crippen LogP contribution in [0.25, 0.3) is 0 Å². The SMILES string of the molecule is CC(=O)N(Cl)c1cc(C(F)(F)F)ccc1Cl. The first kappa shape index (κ1) is 13.1. The van der Waals surface area contributed by atoms with Gasteiger partial charge < -0.3 is 0 Å². The van der Waals surface area contributed by atoms with Gasteiger partial charge in [0.25, 0.3) is 0 Å². The highest BCUT2D eigenvalue weighted by Crippen LogP contribution is 2.35. The van der Waals surface area contributed by atoms with Crippen LogP contribution in [0, 0.1) is 0 Å². The average molecular weight is 272 g/mol. The number of rotatable bonds is 1. The van der Waals surface area contributed by atoms with Gasteiger partial charge in [-0.05, 0) is 18.2 Å². The van der Waals surface area contributed by atoms with E-state index in [4.69, 9.17) is 23.4 Å². The third-order valence-corrected chi connectivity index (χ3v) is 2.50. The third-order valence-electron chi connectivity index (χ3n) is 1.76. The standard InChI is InChI=1S/C9H6Cl2F3NO/c1-5(16)15(11)8-4-6(9(12,13)14)2-3-7(8)10/h2-4H,1H3. The van der Waals surface area contributed by atoms with Gasteiger partial charge in [-0.1, -0.05) is 11.6 Å². The molecule has 16 heavy (non-hydrogen) atoms. The Kier molecular flexibility index (Phi) is 3.70. The second kappa shape index (κ2) is 4.51. The van der Waals surface area contributed by atoms with E-state index in [0.717, 1.165) is 25.1 Å². The number of alkyl halides is 3. The van der Waals surface area contributed by atoms with Gasteiger partial charge in [-0.2, -0.15) is 13.2 Å². The average Bonchev–Trinajstić information content (AvgIpc) is 2.15. The van der Waals surface area contributed by atoms with Crippen molar-refractivity contribution < 1.29 is 18.0 Å². The van der Waals surface area contributed by atoms with Crippen LogP contribution in [0.4, 0.5) is 18.9 Å². The Labute approximate surface area is 99.7 Å². The maximum absolute atomic E-state index is 12.4. The number of benzene rings is 1. The van der Waals surface area contributed by atoms with E-state index in [1.54, 1.807) is 0 Å². The van der Waals surface area contributed by atoms with Crippen LogP contribution in [0.15, 0.2) is 18.2 Å². The molecule has 0 fully saturated rings. The topological polar surface area (TPSA) is 20.3 Å². The van der Waals surface area contributed by atoms with Crippen molar-refractivity contribution in [2.45, 2.75) is 13.1 Å². The molecule has 1 rings (SSSR count). The Morgan fingerprint density at radius 2 is 1.94 bits per heavy atom. The smallest absolute Gasteiger partial charge is 0.274 e. The maximum Gasteiger partial charge on any atom is 0.416 e. The van der Waals surface area contributed by atoms with Crippen molar-refractivity contribution in [2.24, 2.45) is 0 Å². The first-order valence-electron chi connectivity index (χ1n) is 4.06. The highest BCUT2D eigenvalue weighted by atomic mass is 35.5. The molecule has 7 heteroatoms. The number of carbonyl (C=O) groups is 1. The lowest BCUT2D eigenvalue weighted by Gasteiger charge is -2.15. The highest BCUT2D eigenvalue weighted by Gasteiger charge is 2.31. The Hall–Kier alpha value is -0.940. The summed E-state index contributed by atoms with van der Waals surface area (Å²) < 4.78 is 37.7. The van der Waals surface area contributed by atoms with Gasteiger partial charge in [0.2, 0.25) is 5.91 Å². The molecule has 1 aromatic rings. The maximum atomic E-state index is 12.4. The molecule has 0 heterocycles. The Morgan fingerprint density at radius 3 is 2.38 bits per heavy atom. The summed E-state index contributed by atoms with van der Waals surface area (Å²) in [5.74, 6) is -0.622. The largest absolute Gasteiger partial charge is 0.416 e. The lowest BCUT2D eigenvalue weighted by molar-refractivity contribution is -0.137. The molecule has 2 nitrogen and oxygen atoms in total. The monoisotopic (exact) mass is 271 g/mol. The van der Waals surface area contributed by atoms with Crippen molar-refractivity contribution in [2.75, 3.05) is 4.42 Å². The normalized spacial score (nSPS) is 11.4. The van der Waals surface area contributed by atoms with Crippen molar-refractivity contribution in [3.63, 3.8) is 0 Å². The molecule has 0 aliphatic heterocycles. The minimum atomic E-state index is -4.51. The van der Waals surface area contributed by atoms with Crippen LogP contribution in [0.3, 0.4) is 0 Å². The molecule has 0 aromatic heterocycles. The van der Waals surface area contributed by atoms with Gasteiger partial charge in [0.1, 0.15) is 0 Å². The molecule has 0 saturated carbocycles. The zero-order chi connectivity index (χ0) is 12.5. The van der Waals surface area contributed by atoms with Gasteiger partial charge in [-0.3, -0.25) is 4.79 Å². The summed E-state index contributed by atoms with van der Waals surface area (Å²) in [6, 6.07) is 2.57. The van der Waals surface area contributed by atoms with Crippen molar-refractivity contribution in [3.8, 4) is 0 Å². The van der Waals surface area contributed by atoms with E-state index in [-0.39, 0.29) is 10.7 Å². The van der Waals surface area contributed by atoms with Crippen molar-refractivity contribution >= 4 is 35.0 Å². The van der Waals surface area contributed by atoms with Crippen LogP contribution < -0.4 is 4.42 Å². The van der Waals surface area contributed by atoms with E-state index in [1.807, 2.05) is 0 Å². The molecule has 0 spiro atoms. The summed E-state index contributed by atoms with van der Waals surface area (Å²) in [7, 11) is 0. The molecule has 0 aliphatic carbocycles. The van der Waals surface area contributed by atoms with Gasteiger partial charge in [0.05, 0.1) is 16.3 Å². The highest BCUT2D eigenvalue weighted by molar-refractivity contribution is 6.41. The minimum absolute atomic E-state index is 0.0294. The Morgan fingerprint density at radius 1 is 1.38 bits per heavy atom. The van der Waals surface area contributed by atoms with E-state index in [2.05, 4.69) is 0 Å². The lowest BCUT2D eigenvalue weighted by atomic mass is 10.2. The summed E-state index contributed by atoms with van der Waals surface area (Å²) in [5.41, 5.74) is -1.11. The van der Waals surface area contributed by atoms with E-state index < -0.39 is 17.6 Å². The van der Waals surface area contributed by atoms with Crippen LogP contribution in [0.5, 0.6) is 0 Å². The Bertz CT molecular complexity index is 420. The second-order valence-corrected chi connectivity index (χ2v) is 3.71. The fraction of sp³-hybridized carbons (Fsp3) is 0.222. The molecule has 1 amide bonds. The molecule has 0 N–H and O–H groups in total. The third kappa shape index (κ3) is 2.80. The number of hydrogen-bond acceptors (Lipinski definition) is 1. The lowest BCUT2D eigenvalue weighted by Crippen LogP contribution is -2.17. The van der Waals surface area contributed by atoms with Crippen LogP contribution in [0.1, 0.15) is 12.5 Å². The summed E-state index contributed by atoms with van der Waals surface area (Å²) in [4.78, 5) is 10.9. The predicted octanol–water partition coefficient (Wildman–Crippen LogP) is 3.87. The molecule has 0 aliphatic rings. The van der Waals surface area contributed by atoms with E-state index >= 15 is 0 Å². The number of amides is 1. The van der Waals surface area contributed by atoms with Gasteiger partial charge in [-0.25, -0.2) is 4.42 Å². The minimum Gasteiger partial charge on any atom is -0.274 e. The molecule has 0 radical (unpaired) electrons. The van der Waals surface area contributed by atoms with Crippen molar-refractivity contribution in [1.29, 1.82) is 0 Å². The van der Waals surface area contributed by atoms with E-state index in [1.165, 1.54) is 0 Å². The number of anilines is 1. The second-order valence-electron chi connectivity index (χ2n) is 2.96. The Balaban J connectivity index is 3.24. The first-order valence-corrected chi connectivity index (χ1v) is 4.78. The molecule has 0 saturated heterocycles. The van der Waals surface area contributed by atoms with Gasteiger partial charge >= 0.3 is 6.18 Å².